The molecule has 2 aromatic heterocycles. The first-order valence-corrected chi connectivity index (χ1v) is 8.22. The van der Waals surface area contributed by atoms with E-state index in [1.807, 2.05) is 4.90 Å². The molecule has 2 aromatic rings. The summed E-state index contributed by atoms with van der Waals surface area (Å²) >= 11 is 0. The molecular weight excluding hydrogens is 339 g/mol. The normalized spacial score (nSPS) is 21.6. The van der Waals surface area contributed by atoms with E-state index in [9.17, 15) is 13.2 Å². The number of ether oxygens (including phenoxy) is 2. The first kappa shape index (κ1) is 16.5. The Hall–Kier alpha value is -1.94. The van der Waals surface area contributed by atoms with Crippen molar-refractivity contribution in [2.75, 3.05) is 37.8 Å². The molecular formula is C15H18F3N5O2. The van der Waals surface area contributed by atoms with Crippen LogP contribution >= 0.6 is 0 Å². The SMILES string of the molecule is FC(F)(F)c1cc(N2CCOC3(CCOCC3)CC2)n2ncnc2n1. The van der Waals surface area contributed by atoms with E-state index in [1.54, 1.807) is 0 Å². The van der Waals surface area contributed by atoms with Gasteiger partial charge in [-0.05, 0) is 19.3 Å². The minimum atomic E-state index is -4.53. The van der Waals surface area contributed by atoms with Crippen LogP contribution in [0.3, 0.4) is 0 Å². The third kappa shape index (κ3) is 3.15. The first-order chi connectivity index (χ1) is 12.0. The molecule has 0 bridgehead atoms. The second kappa shape index (κ2) is 6.10. The summed E-state index contributed by atoms with van der Waals surface area (Å²) in [5.74, 6) is 0.276. The fourth-order valence-corrected chi connectivity index (χ4v) is 3.43. The van der Waals surface area contributed by atoms with Gasteiger partial charge in [0.1, 0.15) is 12.1 Å². The number of hydrogen-bond acceptors (Lipinski definition) is 6. The Morgan fingerprint density at radius 3 is 2.64 bits per heavy atom. The number of fused-ring (bicyclic) bond motifs is 1. The standard InChI is InChI=1S/C15H18F3N5O2/c16-15(17,18)11-9-12(23-13(21-11)19-10-20-23)22-4-1-14(25-8-5-22)2-6-24-7-3-14/h9-10H,1-8H2. The second-order valence-corrected chi connectivity index (χ2v) is 6.35. The fraction of sp³-hybridized carbons (Fsp3) is 0.667. The summed E-state index contributed by atoms with van der Waals surface area (Å²) in [4.78, 5) is 9.24. The average molecular weight is 357 g/mol. The van der Waals surface area contributed by atoms with E-state index < -0.39 is 11.9 Å². The molecule has 25 heavy (non-hydrogen) atoms. The topological polar surface area (TPSA) is 64.8 Å². The molecule has 2 fully saturated rings. The van der Waals surface area contributed by atoms with Gasteiger partial charge in [0.2, 0.25) is 0 Å². The molecule has 136 valence electrons. The van der Waals surface area contributed by atoms with Crippen molar-refractivity contribution in [3.63, 3.8) is 0 Å². The van der Waals surface area contributed by atoms with Crippen LogP contribution in [0.4, 0.5) is 19.0 Å². The molecule has 0 aliphatic carbocycles. The molecule has 2 aliphatic rings. The Morgan fingerprint density at radius 1 is 1.08 bits per heavy atom. The molecule has 4 heterocycles. The van der Waals surface area contributed by atoms with Crippen molar-refractivity contribution in [1.82, 2.24) is 19.6 Å². The van der Waals surface area contributed by atoms with Crippen LogP contribution in [0.5, 0.6) is 0 Å². The third-order valence-electron chi connectivity index (χ3n) is 4.86. The van der Waals surface area contributed by atoms with Gasteiger partial charge in [0, 0.05) is 32.4 Å². The predicted molar refractivity (Wildman–Crippen MR) is 81.4 cm³/mol. The zero-order valence-corrected chi connectivity index (χ0v) is 13.5. The second-order valence-electron chi connectivity index (χ2n) is 6.35. The molecule has 0 amide bonds. The Kier molecular flexibility index (Phi) is 4.03. The van der Waals surface area contributed by atoms with Crippen molar-refractivity contribution in [3.05, 3.63) is 18.1 Å². The van der Waals surface area contributed by atoms with Gasteiger partial charge in [-0.15, -0.1) is 0 Å². The van der Waals surface area contributed by atoms with Gasteiger partial charge >= 0.3 is 6.18 Å². The lowest BCUT2D eigenvalue weighted by molar-refractivity contribution is -0.141. The van der Waals surface area contributed by atoms with Gasteiger partial charge in [0.25, 0.3) is 5.78 Å². The van der Waals surface area contributed by atoms with E-state index in [4.69, 9.17) is 9.47 Å². The Labute approximate surface area is 141 Å². The van der Waals surface area contributed by atoms with Crippen LogP contribution in [-0.4, -0.2) is 58.1 Å². The van der Waals surface area contributed by atoms with E-state index >= 15 is 0 Å². The first-order valence-electron chi connectivity index (χ1n) is 8.22. The summed E-state index contributed by atoms with van der Waals surface area (Å²) in [5, 5.41) is 4.02. The average Bonchev–Trinajstić information content (AvgIpc) is 2.97. The maximum Gasteiger partial charge on any atom is 0.433 e. The smallest absolute Gasteiger partial charge is 0.381 e. The quantitative estimate of drug-likeness (QED) is 0.777. The van der Waals surface area contributed by atoms with Crippen molar-refractivity contribution in [1.29, 1.82) is 0 Å². The van der Waals surface area contributed by atoms with Crippen molar-refractivity contribution >= 4 is 11.6 Å². The van der Waals surface area contributed by atoms with E-state index in [2.05, 4.69) is 15.1 Å². The minimum Gasteiger partial charge on any atom is -0.381 e. The number of anilines is 1. The molecule has 0 radical (unpaired) electrons. The van der Waals surface area contributed by atoms with Crippen LogP contribution < -0.4 is 4.90 Å². The molecule has 0 atom stereocenters. The van der Waals surface area contributed by atoms with E-state index in [1.165, 1.54) is 10.8 Å². The Balaban J connectivity index is 1.66. The van der Waals surface area contributed by atoms with Gasteiger partial charge in [-0.3, -0.25) is 0 Å². The van der Waals surface area contributed by atoms with Crippen LogP contribution in [0, 0.1) is 0 Å². The summed E-state index contributed by atoms with van der Waals surface area (Å²) < 4.78 is 52.3. The Morgan fingerprint density at radius 2 is 1.88 bits per heavy atom. The number of hydrogen-bond donors (Lipinski definition) is 0. The van der Waals surface area contributed by atoms with Crippen molar-refractivity contribution < 1.29 is 22.6 Å². The summed E-state index contributed by atoms with van der Waals surface area (Å²) in [7, 11) is 0. The summed E-state index contributed by atoms with van der Waals surface area (Å²) in [6.07, 6.45) is -0.976. The summed E-state index contributed by atoms with van der Waals surface area (Å²) in [6, 6.07) is 1.03. The number of halogens is 3. The van der Waals surface area contributed by atoms with Gasteiger partial charge in [-0.1, -0.05) is 0 Å². The van der Waals surface area contributed by atoms with E-state index in [0.29, 0.717) is 38.7 Å². The number of rotatable bonds is 1. The molecule has 7 nitrogen and oxygen atoms in total. The highest BCUT2D eigenvalue weighted by atomic mass is 19.4. The van der Waals surface area contributed by atoms with Gasteiger partial charge < -0.3 is 14.4 Å². The summed E-state index contributed by atoms with van der Waals surface area (Å²) in [6.45, 7) is 2.82. The predicted octanol–water partition coefficient (Wildman–Crippen LogP) is 1.92. The number of alkyl halides is 3. The highest BCUT2D eigenvalue weighted by molar-refractivity contribution is 5.48. The molecule has 2 aliphatic heterocycles. The van der Waals surface area contributed by atoms with Gasteiger partial charge in [0.05, 0.1) is 12.2 Å². The largest absolute Gasteiger partial charge is 0.433 e. The van der Waals surface area contributed by atoms with E-state index in [0.717, 1.165) is 25.3 Å². The maximum atomic E-state index is 13.2. The highest BCUT2D eigenvalue weighted by Gasteiger charge is 2.38. The molecule has 4 rings (SSSR count). The lowest BCUT2D eigenvalue weighted by Crippen LogP contribution is -2.39. The van der Waals surface area contributed by atoms with Crippen molar-refractivity contribution in [2.45, 2.75) is 31.0 Å². The Bertz CT molecular complexity index is 757. The van der Waals surface area contributed by atoms with Crippen LogP contribution in [0.1, 0.15) is 25.0 Å². The number of aromatic nitrogens is 4. The highest BCUT2D eigenvalue weighted by Crippen LogP contribution is 2.34. The van der Waals surface area contributed by atoms with Crippen molar-refractivity contribution in [3.8, 4) is 0 Å². The van der Waals surface area contributed by atoms with Crippen LogP contribution in [0.15, 0.2) is 12.4 Å². The zero-order chi connectivity index (χ0) is 17.5. The van der Waals surface area contributed by atoms with Crippen LogP contribution in [0.25, 0.3) is 5.78 Å². The zero-order valence-electron chi connectivity index (χ0n) is 13.5. The maximum absolute atomic E-state index is 13.2. The van der Waals surface area contributed by atoms with Crippen LogP contribution in [-0.2, 0) is 15.7 Å². The molecule has 0 unspecified atom stereocenters. The van der Waals surface area contributed by atoms with Gasteiger partial charge in [-0.2, -0.15) is 27.8 Å². The third-order valence-corrected chi connectivity index (χ3v) is 4.86. The fourth-order valence-electron chi connectivity index (χ4n) is 3.43. The lowest BCUT2D eigenvalue weighted by atomic mass is 9.90. The molecule has 2 saturated heterocycles. The monoisotopic (exact) mass is 357 g/mol. The lowest BCUT2D eigenvalue weighted by Gasteiger charge is -2.35. The molecule has 10 heteroatoms. The van der Waals surface area contributed by atoms with Gasteiger partial charge in [-0.25, -0.2) is 4.98 Å². The van der Waals surface area contributed by atoms with Crippen molar-refractivity contribution in [2.24, 2.45) is 0 Å². The molecule has 0 saturated carbocycles. The van der Waals surface area contributed by atoms with E-state index in [-0.39, 0.29) is 11.4 Å². The summed E-state index contributed by atoms with van der Waals surface area (Å²) in [5.41, 5.74) is -1.21. The molecule has 0 aromatic carbocycles. The molecule has 0 N–H and O–H groups in total. The molecule has 1 spiro atoms. The number of nitrogens with zero attached hydrogens (tertiary/aromatic N) is 5. The van der Waals surface area contributed by atoms with Gasteiger partial charge in [0.15, 0.2) is 5.69 Å². The minimum absolute atomic E-state index is 0.0595. The van der Waals surface area contributed by atoms with Crippen LogP contribution in [0.2, 0.25) is 0 Å².